The van der Waals surface area contributed by atoms with E-state index in [9.17, 15) is 14.9 Å². The van der Waals surface area contributed by atoms with Crippen LogP contribution in [-0.2, 0) is 11.2 Å². The molecule has 0 saturated carbocycles. The quantitative estimate of drug-likeness (QED) is 0.371. The van der Waals surface area contributed by atoms with E-state index in [0.717, 1.165) is 34.9 Å². The van der Waals surface area contributed by atoms with Gasteiger partial charge in [0, 0.05) is 48.1 Å². The molecule has 6 heteroatoms. The highest BCUT2D eigenvalue weighted by molar-refractivity contribution is 5.88. The van der Waals surface area contributed by atoms with Crippen molar-refractivity contribution < 1.29 is 9.72 Å². The van der Waals surface area contributed by atoms with E-state index in [0.29, 0.717) is 12.5 Å². The van der Waals surface area contributed by atoms with Crippen LogP contribution in [0.5, 0.6) is 0 Å². The number of benzene rings is 2. The number of aromatic nitrogens is 1. The maximum Gasteiger partial charge on any atom is 0.269 e. The van der Waals surface area contributed by atoms with Gasteiger partial charge in [0.2, 0.25) is 5.91 Å². The molecule has 1 aromatic heterocycles. The number of hydrogen-bond acceptors (Lipinski definition) is 3. The zero-order valence-corrected chi connectivity index (χ0v) is 17.8. The van der Waals surface area contributed by atoms with Gasteiger partial charge in [0.1, 0.15) is 0 Å². The molecule has 158 valence electrons. The molecule has 0 unspecified atom stereocenters. The molecule has 0 saturated heterocycles. The summed E-state index contributed by atoms with van der Waals surface area (Å²) in [5.41, 5.74) is 4.06. The standard InChI is InChI=1S/C24H29N3O3/c1-4-17-7-6-10-20-22(15-26-24(17)20)21(14-23(28)25-12-11-16(2)3)18-8-5-9-19(13-18)27(29)30/h5-10,13,15-16,21,26H,4,11-12,14H2,1-3H3,(H,25,28)/t21-/m0/s1. The Kier molecular flexibility index (Phi) is 6.87. The Labute approximate surface area is 176 Å². The smallest absolute Gasteiger partial charge is 0.269 e. The maximum absolute atomic E-state index is 12.7. The highest BCUT2D eigenvalue weighted by Gasteiger charge is 2.23. The Morgan fingerprint density at radius 1 is 1.20 bits per heavy atom. The Morgan fingerprint density at radius 3 is 2.67 bits per heavy atom. The van der Waals surface area contributed by atoms with Crippen molar-refractivity contribution >= 4 is 22.5 Å². The van der Waals surface area contributed by atoms with E-state index in [2.05, 4.69) is 37.1 Å². The van der Waals surface area contributed by atoms with Crippen molar-refractivity contribution in [1.82, 2.24) is 10.3 Å². The highest BCUT2D eigenvalue weighted by Crippen LogP contribution is 2.35. The predicted molar refractivity (Wildman–Crippen MR) is 120 cm³/mol. The van der Waals surface area contributed by atoms with E-state index in [1.54, 1.807) is 12.1 Å². The molecule has 1 heterocycles. The minimum atomic E-state index is -0.395. The fraction of sp³-hybridized carbons (Fsp3) is 0.375. The van der Waals surface area contributed by atoms with E-state index < -0.39 is 4.92 Å². The largest absolute Gasteiger partial charge is 0.361 e. The Morgan fingerprint density at radius 2 is 1.97 bits per heavy atom. The summed E-state index contributed by atoms with van der Waals surface area (Å²) in [4.78, 5) is 27.0. The molecule has 3 aromatic rings. The number of rotatable bonds is 9. The van der Waals surface area contributed by atoms with Crippen LogP contribution in [-0.4, -0.2) is 22.4 Å². The first-order valence-electron chi connectivity index (χ1n) is 10.5. The van der Waals surface area contributed by atoms with Crippen LogP contribution in [0.4, 0.5) is 5.69 Å². The number of amides is 1. The van der Waals surface area contributed by atoms with Crippen LogP contribution in [0.3, 0.4) is 0 Å². The van der Waals surface area contributed by atoms with Crippen LogP contribution in [0.25, 0.3) is 10.9 Å². The highest BCUT2D eigenvalue weighted by atomic mass is 16.6. The third-order valence-electron chi connectivity index (χ3n) is 5.51. The molecular formula is C24H29N3O3. The number of aromatic amines is 1. The van der Waals surface area contributed by atoms with Gasteiger partial charge in [0.25, 0.3) is 5.69 Å². The molecule has 1 amide bonds. The fourth-order valence-corrected chi connectivity index (χ4v) is 3.84. The first-order chi connectivity index (χ1) is 14.4. The van der Waals surface area contributed by atoms with Crippen LogP contribution >= 0.6 is 0 Å². The Hall–Kier alpha value is -3.15. The second-order valence-electron chi connectivity index (χ2n) is 8.08. The van der Waals surface area contributed by atoms with Gasteiger partial charge >= 0.3 is 0 Å². The van der Waals surface area contributed by atoms with Gasteiger partial charge < -0.3 is 10.3 Å². The number of nitrogens with zero attached hydrogens (tertiary/aromatic N) is 1. The van der Waals surface area contributed by atoms with Gasteiger partial charge in [-0.1, -0.05) is 51.1 Å². The number of aryl methyl sites for hydroxylation is 1. The number of non-ortho nitro benzene ring substituents is 1. The minimum Gasteiger partial charge on any atom is -0.361 e. The van der Waals surface area contributed by atoms with Crippen LogP contribution in [0.15, 0.2) is 48.7 Å². The van der Waals surface area contributed by atoms with Crippen molar-refractivity contribution in [2.45, 2.75) is 46.0 Å². The lowest BCUT2D eigenvalue weighted by molar-refractivity contribution is -0.384. The van der Waals surface area contributed by atoms with Crippen LogP contribution in [0.1, 0.15) is 56.2 Å². The van der Waals surface area contributed by atoms with E-state index in [-0.39, 0.29) is 23.9 Å². The molecule has 0 aliphatic rings. The molecule has 0 aliphatic heterocycles. The van der Waals surface area contributed by atoms with Gasteiger partial charge in [-0.2, -0.15) is 0 Å². The number of fused-ring (bicyclic) bond motifs is 1. The van der Waals surface area contributed by atoms with Gasteiger partial charge in [0.15, 0.2) is 0 Å². The summed E-state index contributed by atoms with van der Waals surface area (Å²) in [6, 6.07) is 12.8. The lowest BCUT2D eigenvalue weighted by atomic mass is 9.87. The third kappa shape index (κ3) is 4.87. The number of hydrogen-bond donors (Lipinski definition) is 2. The van der Waals surface area contributed by atoms with Gasteiger partial charge in [-0.3, -0.25) is 14.9 Å². The first kappa shape index (κ1) is 21.6. The van der Waals surface area contributed by atoms with E-state index in [1.165, 1.54) is 11.6 Å². The molecule has 6 nitrogen and oxygen atoms in total. The second kappa shape index (κ2) is 9.57. The third-order valence-corrected chi connectivity index (χ3v) is 5.51. The lowest BCUT2D eigenvalue weighted by Gasteiger charge is -2.17. The van der Waals surface area contributed by atoms with Gasteiger partial charge in [-0.15, -0.1) is 0 Å². The zero-order valence-electron chi connectivity index (χ0n) is 17.8. The van der Waals surface area contributed by atoms with Crippen LogP contribution in [0, 0.1) is 16.0 Å². The maximum atomic E-state index is 12.7. The van der Waals surface area contributed by atoms with Crippen molar-refractivity contribution in [3.05, 3.63) is 75.5 Å². The molecule has 0 fully saturated rings. The number of carbonyl (C=O) groups is 1. The molecule has 2 aromatic carbocycles. The predicted octanol–water partition coefficient (Wildman–Crippen LogP) is 5.32. The van der Waals surface area contributed by atoms with Crippen molar-refractivity contribution in [3.8, 4) is 0 Å². The van der Waals surface area contributed by atoms with Gasteiger partial charge in [0.05, 0.1) is 4.92 Å². The summed E-state index contributed by atoms with van der Waals surface area (Å²) in [7, 11) is 0. The van der Waals surface area contributed by atoms with Crippen molar-refractivity contribution in [1.29, 1.82) is 0 Å². The zero-order chi connectivity index (χ0) is 21.7. The fourth-order valence-electron chi connectivity index (χ4n) is 3.84. The molecule has 30 heavy (non-hydrogen) atoms. The van der Waals surface area contributed by atoms with E-state index >= 15 is 0 Å². The molecule has 0 spiro atoms. The number of nitro groups is 1. The summed E-state index contributed by atoms with van der Waals surface area (Å²) in [5.74, 6) is 0.192. The lowest BCUT2D eigenvalue weighted by Crippen LogP contribution is -2.27. The van der Waals surface area contributed by atoms with E-state index in [1.807, 2.05) is 24.4 Å². The van der Waals surface area contributed by atoms with Gasteiger partial charge in [-0.05, 0) is 35.4 Å². The number of para-hydroxylation sites is 1. The average molecular weight is 408 g/mol. The van der Waals surface area contributed by atoms with Crippen molar-refractivity contribution in [2.24, 2.45) is 5.92 Å². The van der Waals surface area contributed by atoms with Crippen LogP contribution in [0.2, 0.25) is 0 Å². The summed E-state index contributed by atoms with van der Waals surface area (Å²) in [6.45, 7) is 6.98. The summed E-state index contributed by atoms with van der Waals surface area (Å²) < 4.78 is 0. The topological polar surface area (TPSA) is 88.0 Å². The molecule has 3 rings (SSSR count). The summed E-state index contributed by atoms with van der Waals surface area (Å²) in [6.07, 6.45) is 3.99. The molecule has 0 bridgehead atoms. The summed E-state index contributed by atoms with van der Waals surface area (Å²) >= 11 is 0. The normalized spacial score (nSPS) is 12.3. The second-order valence-corrected chi connectivity index (χ2v) is 8.08. The number of nitrogens with one attached hydrogen (secondary N) is 2. The molecule has 2 N–H and O–H groups in total. The molecule has 0 radical (unpaired) electrons. The Bertz CT molecular complexity index is 1040. The first-order valence-corrected chi connectivity index (χ1v) is 10.5. The Balaban J connectivity index is 1.99. The van der Waals surface area contributed by atoms with E-state index in [4.69, 9.17) is 0 Å². The molecular weight excluding hydrogens is 378 g/mol. The summed E-state index contributed by atoms with van der Waals surface area (Å²) in [5, 5.41) is 15.4. The average Bonchev–Trinajstić information content (AvgIpc) is 3.15. The van der Waals surface area contributed by atoms with Crippen LogP contribution < -0.4 is 5.32 Å². The molecule has 1 atom stereocenters. The van der Waals surface area contributed by atoms with Crippen molar-refractivity contribution in [2.75, 3.05) is 6.54 Å². The number of carbonyl (C=O) groups excluding carboxylic acids is 1. The van der Waals surface area contributed by atoms with Gasteiger partial charge in [-0.25, -0.2) is 0 Å². The monoisotopic (exact) mass is 407 g/mol. The number of nitro benzene ring substituents is 1. The number of H-pyrrole nitrogens is 1. The SMILES string of the molecule is CCc1cccc2c([C@@H](CC(=O)NCCC(C)C)c3cccc([N+](=O)[O-])c3)c[nH]c12. The van der Waals surface area contributed by atoms with Crippen molar-refractivity contribution in [3.63, 3.8) is 0 Å². The molecule has 0 aliphatic carbocycles. The minimum absolute atomic E-state index is 0.0341.